The number of hydrogen-bond acceptors (Lipinski definition) is 6. The Hall–Kier alpha value is -4.46. The molecule has 0 amide bonds. The molecule has 2 aromatic heterocycles. The molecule has 3 aromatic carbocycles. The quantitative estimate of drug-likeness (QED) is 0.433. The molecule has 0 atom stereocenters. The number of nitrogens with one attached hydrogen (secondary N) is 1. The molecule has 0 unspecified atom stereocenters. The Morgan fingerprint density at radius 3 is 2.28 bits per heavy atom. The van der Waals surface area contributed by atoms with Gasteiger partial charge < -0.3 is 24.9 Å². The summed E-state index contributed by atoms with van der Waals surface area (Å²) in [7, 11) is 3.10. The Balaban J connectivity index is 1.64. The maximum absolute atomic E-state index is 12.8. The number of benzene rings is 3. The highest BCUT2D eigenvalue weighted by atomic mass is 16.5. The van der Waals surface area contributed by atoms with Crippen molar-refractivity contribution in [3.05, 3.63) is 77.1 Å². The van der Waals surface area contributed by atoms with Gasteiger partial charge in [0.1, 0.15) is 39.7 Å². The molecular formula is C24H20N4O4. The maximum Gasteiger partial charge on any atom is 0.261 e. The van der Waals surface area contributed by atoms with E-state index in [4.69, 9.17) is 19.9 Å². The van der Waals surface area contributed by atoms with E-state index in [-0.39, 0.29) is 11.4 Å². The molecule has 32 heavy (non-hydrogen) atoms. The molecule has 0 radical (unpaired) electrons. The molecular weight excluding hydrogens is 408 g/mol. The highest BCUT2D eigenvalue weighted by Crippen LogP contribution is 2.35. The number of anilines is 1. The van der Waals surface area contributed by atoms with Gasteiger partial charge in [-0.2, -0.15) is 5.10 Å². The smallest absolute Gasteiger partial charge is 0.261 e. The number of pyridine rings is 1. The predicted octanol–water partition coefficient (Wildman–Crippen LogP) is 4.26. The number of methoxy groups -OCH3 is 2. The Morgan fingerprint density at radius 2 is 1.59 bits per heavy atom. The van der Waals surface area contributed by atoms with E-state index in [0.29, 0.717) is 44.7 Å². The molecule has 0 aliphatic heterocycles. The first-order valence-corrected chi connectivity index (χ1v) is 9.88. The largest absolute Gasteiger partial charge is 0.497 e. The van der Waals surface area contributed by atoms with Crippen molar-refractivity contribution in [1.82, 2.24) is 14.8 Å². The average molecular weight is 428 g/mol. The highest BCUT2D eigenvalue weighted by Gasteiger charge is 2.20. The van der Waals surface area contributed by atoms with Gasteiger partial charge in [0.15, 0.2) is 0 Å². The minimum atomic E-state index is -0.337. The van der Waals surface area contributed by atoms with E-state index in [0.717, 1.165) is 5.75 Å². The fraction of sp³-hybridized carbons (Fsp3) is 0.0833. The number of aromatic amines is 1. The molecule has 3 N–H and O–H groups in total. The first kappa shape index (κ1) is 19.5. The molecule has 160 valence electrons. The van der Waals surface area contributed by atoms with E-state index >= 15 is 0 Å². The fourth-order valence-corrected chi connectivity index (χ4v) is 3.70. The predicted molar refractivity (Wildman–Crippen MR) is 123 cm³/mol. The Morgan fingerprint density at radius 1 is 0.875 bits per heavy atom. The first-order chi connectivity index (χ1) is 15.6. The van der Waals surface area contributed by atoms with Gasteiger partial charge in [0.25, 0.3) is 5.56 Å². The molecule has 5 rings (SSSR count). The van der Waals surface area contributed by atoms with Crippen molar-refractivity contribution < 1.29 is 14.2 Å². The van der Waals surface area contributed by atoms with Gasteiger partial charge in [-0.1, -0.05) is 18.2 Å². The van der Waals surface area contributed by atoms with Crippen LogP contribution in [0.1, 0.15) is 0 Å². The topological polar surface area (TPSA) is 104 Å². The van der Waals surface area contributed by atoms with Crippen LogP contribution in [0.4, 0.5) is 5.82 Å². The Bertz CT molecular complexity index is 1490. The second-order valence-electron chi connectivity index (χ2n) is 7.14. The zero-order valence-electron chi connectivity index (χ0n) is 17.5. The van der Waals surface area contributed by atoms with Gasteiger partial charge in [-0.15, -0.1) is 0 Å². The van der Waals surface area contributed by atoms with E-state index in [1.54, 1.807) is 26.4 Å². The highest BCUT2D eigenvalue weighted by molar-refractivity contribution is 6.10. The van der Waals surface area contributed by atoms with Crippen LogP contribution in [0.2, 0.25) is 0 Å². The lowest BCUT2D eigenvalue weighted by Crippen LogP contribution is -2.08. The summed E-state index contributed by atoms with van der Waals surface area (Å²) in [5, 5.41) is 5.61. The summed E-state index contributed by atoms with van der Waals surface area (Å²) in [6, 6.07) is 20.3. The van der Waals surface area contributed by atoms with Crippen molar-refractivity contribution in [2.75, 3.05) is 20.0 Å². The van der Waals surface area contributed by atoms with Gasteiger partial charge >= 0.3 is 0 Å². The number of ether oxygens (including phenoxy) is 3. The molecule has 8 heteroatoms. The molecule has 0 saturated heterocycles. The third kappa shape index (κ3) is 3.18. The lowest BCUT2D eigenvalue weighted by atomic mass is 10.1. The molecule has 0 aliphatic rings. The summed E-state index contributed by atoms with van der Waals surface area (Å²) in [6.07, 6.45) is 0. The van der Waals surface area contributed by atoms with Crippen LogP contribution >= 0.6 is 0 Å². The molecule has 5 aromatic rings. The van der Waals surface area contributed by atoms with E-state index in [1.807, 2.05) is 54.6 Å². The third-order valence-electron chi connectivity index (χ3n) is 5.22. The van der Waals surface area contributed by atoms with Crippen LogP contribution in [0.5, 0.6) is 23.0 Å². The average Bonchev–Trinajstić information content (AvgIpc) is 3.17. The van der Waals surface area contributed by atoms with Crippen molar-refractivity contribution in [3.63, 3.8) is 0 Å². The van der Waals surface area contributed by atoms with Crippen molar-refractivity contribution in [3.8, 4) is 28.7 Å². The SMILES string of the molecule is COc1cc(OC)c2c(c1)[nH]c(=O)c1c(N)n(-c3ccc(Oc4ccccc4)cc3)nc12. The van der Waals surface area contributed by atoms with Crippen molar-refractivity contribution in [2.45, 2.75) is 0 Å². The standard InChI is InChI=1S/C24H20N4O4/c1-30-17-12-18-20(19(13-17)31-2)22-21(24(29)26-18)23(25)28(27-22)14-8-10-16(11-9-14)32-15-6-4-3-5-7-15/h3-13H,25H2,1-2H3,(H,26,29). The zero-order chi connectivity index (χ0) is 22.2. The maximum atomic E-state index is 12.8. The van der Waals surface area contributed by atoms with Gasteiger partial charge in [0.05, 0.1) is 30.8 Å². The second kappa shape index (κ2) is 7.66. The van der Waals surface area contributed by atoms with Crippen LogP contribution in [0, 0.1) is 0 Å². The normalized spacial score (nSPS) is 11.1. The first-order valence-electron chi connectivity index (χ1n) is 9.88. The molecule has 0 saturated carbocycles. The molecule has 8 nitrogen and oxygen atoms in total. The van der Waals surface area contributed by atoms with E-state index < -0.39 is 0 Å². The molecule has 0 fully saturated rings. The van der Waals surface area contributed by atoms with Crippen molar-refractivity contribution >= 4 is 27.6 Å². The summed E-state index contributed by atoms with van der Waals surface area (Å²) < 4.78 is 18.2. The monoisotopic (exact) mass is 428 g/mol. The van der Waals surface area contributed by atoms with Crippen LogP contribution in [-0.2, 0) is 0 Å². The van der Waals surface area contributed by atoms with Gasteiger partial charge in [-0.25, -0.2) is 4.68 Å². The summed E-state index contributed by atoms with van der Waals surface area (Å²) in [4.78, 5) is 15.7. The number of H-pyrrole nitrogens is 1. The lowest BCUT2D eigenvalue weighted by Gasteiger charge is -2.08. The minimum absolute atomic E-state index is 0.234. The number of para-hydroxylation sites is 1. The Kier molecular flexibility index (Phi) is 4.67. The van der Waals surface area contributed by atoms with Crippen LogP contribution in [-0.4, -0.2) is 29.0 Å². The number of fused-ring (bicyclic) bond motifs is 3. The molecule has 0 spiro atoms. The molecule has 0 aliphatic carbocycles. The number of hydrogen-bond donors (Lipinski definition) is 2. The van der Waals surface area contributed by atoms with Gasteiger partial charge in [0, 0.05) is 12.1 Å². The second-order valence-corrected chi connectivity index (χ2v) is 7.14. The van der Waals surface area contributed by atoms with Crippen molar-refractivity contribution in [1.29, 1.82) is 0 Å². The van der Waals surface area contributed by atoms with Crippen LogP contribution in [0.15, 0.2) is 71.5 Å². The molecule has 2 heterocycles. The fourth-order valence-electron chi connectivity index (χ4n) is 3.70. The Labute approximate surface area is 182 Å². The van der Waals surface area contributed by atoms with Crippen molar-refractivity contribution in [2.24, 2.45) is 0 Å². The van der Waals surface area contributed by atoms with Gasteiger partial charge in [-0.3, -0.25) is 4.79 Å². The summed E-state index contributed by atoms with van der Waals surface area (Å²) in [5.74, 6) is 2.73. The number of nitrogens with zero attached hydrogens (tertiary/aromatic N) is 2. The lowest BCUT2D eigenvalue weighted by molar-refractivity contribution is 0.398. The summed E-state index contributed by atoms with van der Waals surface area (Å²) >= 11 is 0. The van der Waals surface area contributed by atoms with E-state index in [2.05, 4.69) is 10.1 Å². The number of aromatic nitrogens is 3. The minimum Gasteiger partial charge on any atom is -0.497 e. The number of rotatable bonds is 5. The zero-order valence-corrected chi connectivity index (χ0v) is 17.5. The van der Waals surface area contributed by atoms with Crippen LogP contribution < -0.4 is 25.5 Å². The van der Waals surface area contributed by atoms with E-state index in [9.17, 15) is 4.79 Å². The van der Waals surface area contributed by atoms with Gasteiger partial charge in [0.2, 0.25) is 0 Å². The third-order valence-corrected chi connectivity index (χ3v) is 5.22. The molecule has 0 bridgehead atoms. The number of nitrogens with two attached hydrogens (primary N) is 1. The van der Waals surface area contributed by atoms with E-state index in [1.165, 1.54) is 4.68 Å². The summed E-state index contributed by atoms with van der Waals surface area (Å²) in [5.41, 5.74) is 7.71. The summed E-state index contributed by atoms with van der Waals surface area (Å²) in [6.45, 7) is 0. The van der Waals surface area contributed by atoms with Crippen LogP contribution in [0.3, 0.4) is 0 Å². The number of nitrogen functional groups attached to an aromatic ring is 1. The van der Waals surface area contributed by atoms with Gasteiger partial charge in [-0.05, 0) is 36.4 Å². The van der Waals surface area contributed by atoms with Crippen LogP contribution in [0.25, 0.3) is 27.5 Å².